The summed E-state index contributed by atoms with van der Waals surface area (Å²) in [6.45, 7) is 3.38. The van der Waals surface area contributed by atoms with Gasteiger partial charge in [-0.1, -0.05) is 19.1 Å². The smallest absolute Gasteiger partial charge is 0.317 e. The molecular weight excluding hydrogens is 340 g/mol. The molecule has 142 valence electrons. The van der Waals surface area contributed by atoms with E-state index in [1.165, 1.54) is 31.2 Å². The first-order chi connectivity index (χ1) is 12.2. The van der Waals surface area contributed by atoms with Crippen molar-refractivity contribution in [1.29, 1.82) is 0 Å². The molecule has 0 heterocycles. The first kappa shape index (κ1) is 21.4. The van der Waals surface area contributed by atoms with Crippen LogP contribution in [0.5, 0.6) is 0 Å². The van der Waals surface area contributed by atoms with Crippen molar-refractivity contribution < 1.29 is 24.0 Å². The van der Waals surface area contributed by atoms with Gasteiger partial charge in [0.15, 0.2) is 0 Å². The predicted octanol–water partition coefficient (Wildman–Crippen LogP) is 1.97. The lowest BCUT2D eigenvalue weighted by atomic mass is 9.79. The number of Topliss-reactive ketones (excluding diaryl/α,β-unsaturated/α-hetero) is 2. The largest absolute Gasteiger partial charge is 0.464 e. The van der Waals surface area contributed by atoms with Crippen LogP contribution < -0.4 is 0 Å². The van der Waals surface area contributed by atoms with Gasteiger partial charge in [-0.05, 0) is 26.6 Å². The molecule has 0 N–H and O–H groups in total. The zero-order valence-corrected chi connectivity index (χ0v) is 15.4. The maximum absolute atomic E-state index is 12.5. The Morgan fingerprint density at radius 2 is 1.92 bits per heavy atom. The maximum Gasteiger partial charge on any atom is 0.317 e. The number of likely N-dealkylation sites (N-methyl/N-ethyl adjacent to an activating group) is 1. The summed E-state index contributed by atoms with van der Waals surface area (Å²) >= 11 is 0. The van der Waals surface area contributed by atoms with Crippen LogP contribution in [0.1, 0.15) is 31.7 Å². The van der Waals surface area contributed by atoms with Crippen LogP contribution in [0.25, 0.3) is 0 Å². The number of hydrogen-bond acceptors (Lipinski definition) is 7. The molecule has 1 aromatic rings. The van der Waals surface area contributed by atoms with Crippen molar-refractivity contribution in [3.8, 4) is 0 Å². The van der Waals surface area contributed by atoms with Crippen LogP contribution in [0, 0.1) is 16.0 Å². The second kappa shape index (κ2) is 9.76. The molecule has 8 heteroatoms. The highest BCUT2D eigenvalue weighted by atomic mass is 16.6. The molecule has 2 atom stereocenters. The van der Waals surface area contributed by atoms with E-state index in [4.69, 9.17) is 4.74 Å². The highest BCUT2D eigenvalue weighted by Gasteiger charge is 2.39. The second-order valence-electron chi connectivity index (χ2n) is 6.21. The minimum Gasteiger partial charge on any atom is -0.464 e. The lowest BCUT2D eigenvalue weighted by Crippen LogP contribution is -2.35. The fraction of sp³-hybridized carbons (Fsp3) is 0.500. The van der Waals surface area contributed by atoms with Gasteiger partial charge in [-0.2, -0.15) is 0 Å². The maximum atomic E-state index is 12.5. The summed E-state index contributed by atoms with van der Waals surface area (Å²) in [6.07, 6.45) is 0.0854. The molecule has 0 aliphatic carbocycles. The van der Waals surface area contributed by atoms with Crippen LogP contribution in [0.15, 0.2) is 24.3 Å². The van der Waals surface area contributed by atoms with Gasteiger partial charge in [0, 0.05) is 25.1 Å². The molecule has 26 heavy (non-hydrogen) atoms. The number of nitro groups is 1. The van der Waals surface area contributed by atoms with E-state index >= 15 is 0 Å². The highest BCUT2D eigenvalue weighted by Crippen LogP contribution is 2.31. The third kappa shape index (κ3) is 5.73. The van der Waals surface area contributed by atoms with Crippen LogP contribution >= 0.6 is 0 Å². The van der Waals surface area contributed by atoms with Crippen molar-refractivity contribution in [3.63, 3.8) is 0 Å². The molecule has 0 fully saturated rings. The molecule has 0 aliphatic heterocycles. The SMILES string of the molecule is CCC(=O)C(c1cccc([N+](=O)[O-])c1)C(C(C)=O)C(=O)OCCN(C)C. The molecular formula is C18H24N2O6. The standard InChI is InChI=1S/C18H24N2O6/c1-5-15(22)17(13-7-6-8-14(11-13)20(24)25)16(12(2)21)18(23)26-10-9-19(3)4/h6-8,11,16-17H,5,9-10H2,1-4H3. The van der Waals surface area contributed by atoms with E-state index in [1.54, 1.807) is 6.92 Å². The Hall–Kier alpha value is -2.61. The number of esters is 1. The summed E-state index contributed by atoms with van der Waals surface area (Å²) in [5, 5.41) is 11.0. The molecule has 0 spiro atoms. The average molecular weight is 364 g/mol. The Morgan fingerprint density at radius 3 is 2.42 bits per heavy atom. The summed E-state index contributed by atoms with van der Waals surface area (Å²) in [6, 6.07) is 5.45. The number of ether oxygens (including phenoxy) is 1. The van der Waals surface area contributed by atoms with Crippen LogP contribution in [-0.4, -0.2) is 54.6 Å². The van der Waals surface area contributed by atoms with E-state index < -0.39 is 28.5 Å². The third-order valence-corrected chi connectivity index (χ3v) is 3.94. The zero-order valence-electron chi connectivity index (χ0n) is 15.4. The van der Waals surface area contributed by atoms with E-state index in [9.17, 15) is 24.5 Å². The van der Waals surface area contributed by atoms with Gasteiger partial charge in [0.1, 0.15) is 24.1 Å². The van der Waals surface area contributed by atoms with Gasteiger partial charge in [0.05, 0.1) is 10.8 Å². The lowest BCUT2D eigenvalue weighted by Gasteiger charge is -2.23. The Balaban J connectivity index is 3.23. The molecule has 0 saturated heterocycles. The third-order valence-electron chi connectivity index (χ3n) is 3.94. The number of hydrogen-bond donors (Lipinski definition) is 0. The minimum atomic E-state index is -1.33. The summed E-state index contributed by atoms with van der Waals surface area (Å²) in [5.41, 5.74) is 0.0514. The van der Waals surface area contributed by atoms with Crippen molar-refractivity contribution in [2.75, 3.05) is 27.2 Å². The van der Waals surface area contributed by atoms with Crippen molar-refractivity contribution in [3.05, 3.63) is 39.9 Å². The van der Waals surface area contributed by atoms with Crippen molar-refractivity contribution in [1.82, 2.24) is 4.90 Å². The summed E-state index contributed by atoms with van der Waals surface area (Å²) in [7, 11) is 3.62. The number of benzene rings is 1. The predicted molar refractivity (Wildman–Crippen MR) is 94.8 cm³/mol. The first-order valence-corrected chi connectivity index (χ1v) is 8.27. The van der Waals surface area contributed by atoms with Crippen molar-refractivity contribution in [2.45, 2.75) is 26.2 Å². The Labute approximate surface area is 152 Å². The topological polar surface area (TPSA) is 107 Å². The Kier molecular flexibility index (Phi) is 8.05. The van der Waals surface area contributed by atoms with Gasteiger partial charge in [-0.25, -0.2) is 0 Å². The molecule has 1 aromatic carbocycles. The molecule has 1 rings (SSSR count). The molecule has 0 bridgehead atoms. The number of nitro benzene ring substituents is 1. The van der Waals surface area contributed by atoms with E-state index in [2.05, 4.69) is 0 Å². The molecule has 0 radical (unpaired) electrons. The van der Waals surface area contributed by atoms with Gasteiger partial charge >= 0.3 is 5.97 Å². The van der Waals surface area contributed by atoms with Gasteiger partial charge in [0.2, 0.25) is 0 Å². The quantitative estimate of drug-likeness (QED) is 0.270. The Morgan fingerprint density at radius 1 is 1.27 bits per heavy atom. The van der Waals surface area contributed by atoms with Gasteiger partial charge < -0.3 is 9.64 Å². The normalized spacial score (nSPS) is 13.1. The van der Waals surface area contributed by atoms with Crippen LogP contribution in [0.2, 0.25) is 0 Å². The molecule has 0 saturated carbocycles. The number of nitrogens with zero attached hydrogens (tertiary/aromatic N) is 2. The van der Waals surface area contributed by atoms with Crippen molar-refractivity contribution >= 4 is 23.2 Å². The van der Waals surface area contributed by atoms with Crippen molar-refractivity contribution in [2.24, 2.45) is 5.92 Å². The molecule has 0 amide bonds. The fourth-order valence-corrected chi connectivity index (χ4v) is 2.57. The summed E-state index contributed by atoms with van der Waals surface area (Å²) in [5.74, 6) is -4.10. The van der Waals surface area contributed by atoms with E-state index in [-0.39, 0.29) is 30.1 Å². The Bertz CT molecular complexity index is 686. The number of ketones is 2. The zero-order chi connectivity index (χ0) is 19.9. The number of non-ortho nitro benzene ring substituents is 1. The fourth-order valence-electron chi connectivity index (χ4n) is 2.57. The minimum absolute atomic E-state index is 0.0809. The van der Waals surface area contributed by atoms with Gasteiger partial charge in [-0.15, -0.1) is 0 Å². The summed E-state index contributed by atoms with van der Waals surface area (Å²) in [4.78, 5) is 49.3. The summed E-state index contributed by atoms with van der Waals surface area (Å²) < 4.78 is 5.16. The van der Waals surface area contributed by atoms with Crippen LogP contribution in [-0.2, 0) is 19.1 Å². The number of carbonyl (C=O) groups is 3. The molecule has 2 unspecified atom stereocenters. The second-order valence-corrected chi connectivity index (χ2v) is 6.21. The highest BCUT2D eigenvalue weighted by molar-refractivity contribution is 6.04. The lowest BCUT2D eigenvalue weighted by molar-refractivity contribution is -0.384. The van der Waals surface area contributed by atoms with E-state index in [0.717, 1.165) is 0 Å². The average Bonchev–Trinajstić information content (AvgIpc) is 2.58. The number of carbonyl (C=O) groups excluding carboxylic acids is 3. The van der Waals surface area contributed by atoms with Gasteiger partial charge in [0.25, 0.3) is 5.69 Å². The molecule has 0 aromatic heterocycles. The molecule has 8 nitrogen and oxygen atoms in total. The monoisotopic (exact) mass is 364 g/mol. The number of rotatable bonds is 10. The molecule has 0 aliphatic rings. The van der Waals surface area contributed by atoms with Gasteiger partial charge in [-0.3, -0.25) is 24.5 Å². The van der Waals surface area contributed by atoms with E-state index in [0.29, 0.717) is 6.54 Å². The van der Waals surface area contributed by atoms with E-state index in [1.807, 2.05) is 19.0 Å². The van der Waals surface area contributed by atoms with Crippen LogP contribution in [0.4, 0.5) is 5.69 Å². The first-order valence-electron chi connectivity index (χ1n) is 8.27. The van der Waals surface area contributed by atoms with Crippen LogP contribution in [0.3, 0.4) is 0 Å².